The van der Waals surface area contributed by atoms with Crippen LogP contribution in [0.5, 0.6) is 5.75 Å². The van der Waals surface area contributed by atoms with Crippen molar-refractivity contribution < 1.29 is 4.74 Å². The summed E-state index contributed by atoms with van der Waals surface area (Å²) in [7, 11) is 0. The van der Waals surface area contributed by atoms with Crippen molar-refractivity contribution in [1.82, 2.24) is 5.43 Å². The second-order valence-corrected chi connectivity index (χ2v) is 6.56. The van der Waals surface area contributed by atoms with Crippen LogP contribution >= 0.6 is 0 Å². The summed E-state index contributed by atoms with van der Waals surface area (Å²) >= 11 is 0. The van der Waals surface area contributed by atoms with Crippen LogP contribution in [0, 0.1) is 0 Å². The molecule has 3 aromatic carbocycles. The number of hydrogen-bond acceptors (Lipinski definition) is 4. The first kappa shape index (κ1) is 18.0. The molecule has 3 aromatic rings. The highest BCUT2D eigenvalue weighted by molar-refractivity contribution is 6.18. The Bertz CT molecular complexity index is 1020. The van der Waals surface area contributed by atoms with E-state index in [1.165, 1.54) is 5.56 Å². The smallest absolute Gasteiger partial charge is 0.154 e. The van der Waals surface area contributed by atoms with E-state index in [4.69, 9.17) is 14.8 Å². The van der Waals surface area contributed by atoms with Crippen LogP contribution in [0.2, 0.25) is 0 Å². The molecule has 0 saturated carbocycles. The minimum Gasteiger partial charge on any atom is -0.494 e. The molecule has 4 rings (SSSR count). The molecule has 0 aliphatic carbocycles. The van der Waals surface area contributed by atoms with Gasteiger partial charge in [-0.2, -0.15) is 5.10 Å². The number of nitrogens with zero attached hydrogens (tertiary/aromatic N) is 2. The molecule has 0 aromatic heterocycles. The summed E-state index contributed by atoms with van der Waals surface area (Å²) < 4.78 is 5.58. The van der Waals surface area contributed by atoms with E-state index in [2.05, 4.69) is 30.5 Å². The van der Waals surface area contributed by atoms with E-state index in [-0.39, 0.29) is 0 Å². The zero-order chi connectivity index (χ0) is 19.3. The lowest BCUT2D eigenvalue weighted by Crippen LogP contribution is -2.19. The molecular formula is C24H23N3O. The Hall–Kier alpha value is -3.40. The van der Waals surface area contributed by atoms with Gasteiger partial charge in [0.2, 0.25) is 0 Å². The van der Waals surface area contributed by atoms with Gasteiger partial charge in [0.15, 0.2) is 5.84 Å². The number of rotatable bonds is 5. The number of ether oxygens (including phenoxy) is 1. The lowest BCUT2D eigenvalue weighted by Gasteiger charge is -2.10. The SMILES string of the molecule is CCOc1ccc(C2=NNC(c3ccccc3)=Nc3ccc(CC)cc32)cc1. The van der Waals surface area contributed by atoms with Gasteiger partial charge < -0.3 is 4.74 Å². The first-order valence-corrected chi connectivity index (χ1v) is 9.63. The summed E-state index contributed by atoms with van der Waals surface area (Å²) in [5.41, 5.74) is 9.28. The van der Waals surface area contributed by atoms with Crippen LogP contribution < -0.4 is 10.2 Å². The van der Waals surface area contributed by atoms with Crippen LogP contribution in [0.15, 0.2) is 82.9 Å². The van der Waals surface area contributed by atoms with E-state index in [0.29, 0.717) is 6.61 Å². The van der Waals surface area contributed by atoms with Gasteiger partial charge >= 0.3 is 0 Å². The Morgan fingerprint density at radius 2 is 1.64 bits per heavy atom. The summed E-state index contributed by atoms with van der Waals surface area (Å²) in [6, 6.07) is 24.5. The molecule has 4 heteroatoms. The number of fused-ring (bicyclic) bond motifs is 1. The summed E-state index contributed by atoms with van der Waals surface area (Å²) in [4.78, 5) is 4.87. The first-order chi connectivity index (χ1) is 13.8. The van der Waals surface area contributed by atoms with Crippen molar-refractivity contribution in [3.8, 4) is 5.75 Å². The minimum absolute atomic E-state index is 0.652. The number of hydrogen-bond donors (Lipinski definition) is 1. The molecule has 0 atom stereocenters. The van der Waals surface area contributed by atoms with Gasteiger partial charge in [-0.15, -0.1) is 0 Å². The normalized spacial score (nSPS) is 12.9. The van der Waals surface area contributed by atoms with Crippen LogP contribution in [0.1, 0.15) is 36.1 Å². The van der Waals surface area contributed by atoms with E-state index in [0.717, 1.165) is 46.1 Å². The van der Waals surface area contributed by atoms with Gasteiger partial charge in [0.25, 0.3) is 0 Å². The number of nitrogens with one attached hydrogen (secondary N) is 1. The highest BCUT2D eigenvalue weighted by Gasteiger charge is 2.17. The lowest BCUT2D eigenvalue weighted by atomic mass is 9.98. The average molecular weight is 369 g/mol. The molecule has 1 N–H and O–H groups in total. The van der Waals surface area contributed by atoms with E-state index in [9.17, 15) is 0 Å². The van der Waals surface area contributed by atoms with Gasteiger partial charge in [-0.25, -0.2) is 4.99 Å². The molecule has 4 nitrogen and oxygen atoms in total. The van der Waals surface area contributed by atoms with Gasteiger partial charge in [0, 0.05) is 16.7 Å². The Balaban J connectivity index is 1.81. The van der Waals surface area contributed by atoms with Gasteiger partial charge in [0.1, 0.15) is 5.75 Å². The molecule has 0 spiro atoms. The molecule has 1 aliphatic rings. The molecule has 140 valence electrons. The Morgan fingerprint density at radius 1 is 0.857 bits per heavy atom. The minimum atomic E-state index is 0.652. The average Bonchev–Trinajstić information content (AvgIpc) is 2.94. The Kier molecular flexibility index (Phi) is 5.20. The van der Waals surface area contributed by atoms with Gasteiger partial charge in [-0.05, 0) is 55.3 Å². The third-order valence-electron chi connectivity index (χ3n) is 4.72. The van der Waals surface area contributed by atoms with Gasteiger partial charge in [-0.3, -0.25) is 5.43 Å². The summed E-state index contributed by atoms with van der Waals surface area (Å²) in [5.74, 6) is 1.60. The van der Waals surface area contributed by atoms with Crippen molar-refractivity contribution in [2.75, 3.05) is 6.61 Å². The molecule has 0 amide bonds. The second kappa shape index (κ2) is 8.09. The van der Waals surface area contributed by atoms with Crippen molar-refractivity contribution in [1.29, 1.82) is 0 Å². The number of hydrazone groups is 1. The fourth-order valence-electron chi connectivity index (χ4n) is 3.23. The predicted molar refractivity (Wildman–Crippen MR) is 115 cm³/mol. The fourth-order valence-corrected chi connectivity index (χ4v) is 3.23. The molecule has 0 unspecified atom stereocenters. The molecular weight excluding hydrogens is 346 g/mol. The van der Waals surface area contributed by atoms with Crippen LogP contribution in [0.4, 0.5) is 5.69 Å². The van der Waals surface area contributed by atoms with E-state index in [1.807, 2.05) is 61.5 Å². The molecule has 1 aliphatic heterocycles. The van der Waals surface area contributed by atoms with Crippen molar-refractivity contribution in [2.45, 2.75) is 20.3 Å². The highest BCUT2D eigenvalue weighted by Crippen LogP contribution is 2.28. The Labute approximate surface area is 165 Å². The van der Waals surface area contributed by atoms with Crippen LogP contribution in [-0.4, -0.2) is 18.2 Å². The van der Waals surface area contributed by atoms with E-state index in [1.54, 1.807) is 0 Å². The summed E-state index contributed by atoms with van der Waals surface area (Å²) in [6.45, 7) is 4.79. The number of amidine groups is 1. The number of aliphatic imine (C=N–C) groups is 1. The van der Waals surface area contributed by atoms with Crippen LogP contribution in [-0.2, 0) is 6.42 Å². The number of benzene rings is 3. The maximum atomic E-state index is 5.58. The van der Waals surface area contributed by atoms with Crippen LogP contribution in [0.3, 0.4) is 0 Å². The molecule has 0 bridgehead atoms. The Morgan fingerprint density at radius 3 is 2.36 bits per heavy atom. The highest BCUT2D eigenvalue weighted by atomic mass is 16.5. The predicted octanol–water partition coefficient (Wildman–Crippen LogP) is 5.08. The van der Waals surface area contributed by atoms with Crippen LogP contribution in [0.25, 0.3) is 0 Å². The second-order valence-electron chi connectivity index (χ2n) is 6.56. The fraction of sp³-hybridized carbons (Fsp3) is 0.167. The lowest BCUT2D eigenvalue weighted by molar-refractivity contribution is 0.340. The standard InChI is InChI=1S/C24H23N3O/c1-3-17-10-15-22-21(16-17)23(18-11-13-20(14-12-18)28-4-2)26-27-24(25-22)19-8-6-5-7-9-19/h5-16H,3-4H2,1-2H3,(H,25,27). The third kappa shape index (κ3) is 3.67. The van der Waals surface area contributed by atoms with Crippen molar-refractivity contribution in [3.63, 3.8) is 0 Å². The van der Waals surface area contributed by atoms with E-state index < -0.39 is 0 Å². The van der Waals surface area contributed by atoms with E-state index >= 15 is 0 Å². The largest absolute Gasteiger partial charge is 0.494 e. The third-order valence-corrected chi connectivity index (χ3v) is 4.72. The van der Waals surface area contributed by atoms with Gasteiger partial charge in [0.05, 0.1) is 18.0 Å². The first-order valence-electron chi connectivity index (χ1n) is 9.63. The topological polar surface area (TPSA) is 46.0 Å². The zero-order valence-corrected chi connectivity index (χ0v) is 16.1. The van der Waals surface area contributed by atoms with Crippen molar-refractivity contribution >= 4 is 17.2 Å². The monoisotopic (exact) mass is 369 g/mol. The summed E-state index contributed by atoms with van der Waals surface area (Å²) in [5, 5.41) is 4.74. The summed E-state index contributed by atoms with van der Waals surface area (Å²) in [6.07, 6.45) is 0.965. The molecule has 28 heavy (non-hydrogen) atoms. The maximum Gasteiger partial charge on any atom is 0.154 e. The molecule has 0 fully saturated rings. The molecule has 0 radical (unpaired) electrons. The van der Waals surface area contributed by atoms with Crippen molar-refractivity contribution in [3.05, 3.63) is 95.1 Å². The molecule has 1 heterocycles. The zero-order valence-electron chi connectivity index (χ0n) is 16.1. The van der Waals surface area contributed by atoms with Gasteiger partial charge in [-0.1, -0.05) is 43.3 Å². The maximum absolute atomic E-state index is 5.58. The van der Waals surface area contributed by atoms with Crippen molar-refractivity contribution in [2.24, 2.45) is 10.1 Å². The number of aryl methyl sites for hydroxylation is 1. The molecule has 0 saturated heterocycles. The quantitative estimate of drug-likeness (QED) is 0.681.